The van der Waals surface area contributed by atoms with E-state index in [2.05, 4.69) is 31.3 Å². The average molecular weight is 815 g/mol. The van der Waals surface area contributed by atoms with E-state index >= 15 is 0 Å². The molecular weight excluding hydrogens is 719 g/mol. The predicted octanol–water partition coefficient (Wildman–Crippen LogP) is 12.9. The molecule has 8 nitrogen and oxygen atoms in total. The van der Waals surface area contributed by atoms with Gasteiger partial charge in [-0.05, 0) is 38.5 Å². The number of carbonyl (C=O) groups is 1. The van der Waals surface area contributed by atoms with E-state index in [0.717, 1.165) is 44.9 Å². The van der Waals surface area contributed by atoms with Crippen molar-refractivity contribution >= 4 is 13.7 Å². The molecule has 9 heteroatoms. The maximum atomic E-state index is 12.9. The number of aliphatic hydroxyl groups excluding tert-OH is 1. The van der Waals surface area contributed by atoms with Crippen LogP contribution in [0.3, 0.4) is 0 Å². The summed E-state index contributed by atoms with van der Waals surface area (Å²) in [4.78, 5) is 25.3. The number of quaternary nitrogens is 1. The van der Waals surface area contributed by atoms with Crippen LogP contribution in [0.5, 0.6) is 0 Å². The molecule has 0 aromatic heterocycles. The van der Waals surface area contributed by atoms with Gasteiger partial charge >= 0.3 is 0 Å². The third-order valence-electron chi connectivity index (χ3n) is 11.0. The van der Waals surface area contributed by atoms with Gasteiger partial charge in [0, 0.05) is 6.42 Å². The Balaban J connectivity index is 4.24. The number of likely N-dealkylation sites (N-methyl/N-ethyl adjacent to an activating group) is 1. The van der Waals surface area contributed by atoms with Gasteiger partial charge in [0.1, 0.15) is 13.2 Å². The van der Waals surface area contributed by atoms with Gasteiger partial charge in [-0.3, -0.25) is 9.36 Å². The second kappa shape index (κ2) is 39.7. The molecule has 0 aliphatic carbocycles. The summed E-state index contributed by atoms with van der Waals surface area (Å²) in [6.45, 7) is 4.71. The molecule has 1 unspecified atom stereocenters. The maximum Gasteiger partial charge on any atom is 0.268 e. The van der Waals surface area contributed by atoms with Crippen LogP contribution in [0.25, 0.3) is 0 Å². The van der Waals surface area contributed by atoms with Crippen LogP contribution in [-0.4, -0.2) is 68.5 Å². The molecule has 0 aromatic carbocycles. The number of hydrogen-bond donors (Lipinski definition) is 2. The first kappa shape index (κ1) is 55.2. The zero-order valence-electron chi connectivity index (χ0n) is 37.9. The maximum absolute atomic E-state index is 12.9. The molecule has 0 bridgehead atoms. The molecule has 0 radical (unpaired) electrons. The Morgan fingerprint density at radius 2 is 0.982 bits per heavy atom. The van der Waals surface area contributed by atoms with Gasteiger partial charge in [-0.1, -0.05) is 199 Å². The van der Waals surface area contributed by atoms with Crippen molar-refractivity contribution in [2.24, 2.45) is 0 Å². The molecule has 0 heterocycles. The van der Waals surface area contributed by atoms with E-state index in [0.29, 0.717) is 23.9 Å². The number of rotatable bonds is 44. The molecule has 0 saturated carbocycles. The van der Waals surface area contributed by atoms with Crippen LogP contribution in [0.4, 0.5) is 0 Å². The number of nitrogens with zero attached hydrogens (tertiary/aromatic N) is 1. The van der Waals surface area contributed by atoms with E-state index in [1.807, 2.05) is 21.1 Å². The van der Waals surface area contributed by atoms with E-state index in [9.17, 15) is 19.4 Å². The lowest BCUT2D eigenvalue weighted by atomic mass is 10.0. The third-order valence-corrected chi connectivity index (χ3v) is 12.0. The van der Waals surface area contributed by atoms with Gasteiger partial charge < -0.3 is 28.8 Å². The zero-order chi connectivity index (χ0) is 41.4. The highest BCUT2D eigenvalue weighted by Gasteiger charge is 2.24. The molecule has 0 saturated heterocycles. The SMILES string of the molecule is CCCCCCCCC/C=C/CCCC[C@@H](O)[C@H](COP(=O)([O-])OCC[N+](C)(C)C)NC(=O)CCCCCCCCCCCCCCCCCCCCCCC. The fourth-order valence-corrected chi connectivity index (χ4v) is 7.88. The fourth-order valence-electron chi connectivity index (χ4n) is 7.15. The summed E-state index contributed by atoms with van der Waals surface area (Å²) in [6.07, 6.45) is 45.1. The Hall–Kier alpha value is -0.760. The van der Waals surface area contributed by atoms with Gasteiger partial charge in [0.25, 0.3) is 7.82 Å². The van der Waals surface area contributed by atoms with Crippen LogP contribution in [0.1, 0.15) is 232 Å². The van der Waals surface area contributed by atoms with E-state index in [1.54, 1.807) is 0 Å². The zero-order valence-corrected chi connectivity index (χ0v) is 38.7. The number of nitrogens with one attached hydrogen (secondary N) is 1. The molecule has 0 rings (SSSR count). The summed E-state index contributed by atoms with van der Waals surface area (Å²) in [6, 6.07) is -0.811. The van der Waals surface area contributed by atoms with Crippen LogP contribution in [0.15, 0.2) is 12.2 Å². The summed E-state index contributed by atoms with van der Waals surface area (Å²) in [7, 11) is 1.30. The van der Waals surface area contributed by atoms with Crippen molar-refractivity contribution in [3.05, 3.63) is 12.2 Å². The minimum absolute atomic E-state index is 0.00973. The standard InChI is InChI=1S/C47H95N2O6P/c1-6-8-10-12-14-16-18-20-21-22-23-24-25-26-27-29-31-33-35-37-39-41-47(51)48-45(44-55-56(52,53)54-43-42-49(3,4)5)46(50)40-38-36-34-32-30-28-19-17-15-13-11-9-7-2/h30,32,45-46,50H,6-29,31,33-44H2,1-5H3,(H-,48,51,52,53)/b32-30+/t45-,46+/m0/s1. The number of unbranched alkanes of at least 4 members (excludes halogenated alkanes) is 29. The van der Waals surface area contributed by atoms with Crippen molar-refractivity contribution in [3.8, 4) is 0 Å². The Bertz CT molecular complexity index is 927. The molecule has 2 N–H and O–H groups in total. The Kier molecular flexibility index (Phi) is 39.1. The fraction of sp³-hybridized carbons (Fsp3) is 0.936. The lowest BCUT2D eigenvalue weighted by molar-refractivity contribution is -0.870. The highest BCUT2D eigenvalue weighted by Crippen LogP contribution is 2.38. The van der Waals surface area contributed by atoms with Gasteiger partial charge in [-0.15, -0.1) is 0 Å². The second-order valence-electron chi connectivity index (χ2n) is 17.8. The summed E-state index contributed by atoms with van der Waals surface area (Å²) >= 11 is 0. The predicted molar refractivity (Wildman–Crippen MR) is 238 cm³/mol. The van der Waals surface area contributed by atoms with Crippen LogP contribution >= 0.6 is 7.82 Å². The van der Waals surface area contributed by atoms with Crippen molar-refractivity contribution in [1.82, 2.24) is 5.32 Å². The number of amides is 1. The lowest BCUT2D eigenvalue weighted by Gasteiger charge is -2.30. The Morgan fingerprint density at radius 3 is 1.39 bits per heavy atom. The van der Waals surface area contributed by atoms with Crippen LogP contribution in [-0.2, 0) is 18.4 Å². The molecule has 56 heavy (non-hydrogen) atoms. The molecule has 334 valence electrons. The summed E-state index contributed by atoms with van der Waals surface area (Å²) in [5, 5.41) is 13.9. The molecule has 0 spiro atoms. The van der Waals surface area contributed by atoms with Gasteiger partial charge in [0.2, 0.25) is 5.91 Å². The smallest absolute Gasteiger partial charge is 0.268 e. The monoisotopic (exact) mass is 815 g/mol. The van der Waals surface area contributed by atoms with E-state index < -0.39 is 20.0 Å². The third kappa shape index (κ3) is 41.4. The first-order valence-corrected chi connectivity index (χ1v) is 25.5. The largest absolute Gasteiger partial charge is 0.756 e. The van der Waals surface area contributed by atoms with E-state index in [1.165, 1.54) is 161 Å². The van der Waals surface area contributed by atoms with Crippen molar-refractivity contribution < 1.29 is 32.9 Å². The van der Waals surface area contributed by atoms with Crippen LogP contribution < -0.4 is 10.2 Å². The minimum atomic E-state index is -4.57. The highest BCUT2D eigenvalue weighted by atomic mass is 31.2. The summed E-state index contributed by atoms with van der Waals surface area (Å²) in [5.74, 6) is -0.171. The molecule has 0 aromatic rings. The average Bonchev–Trinajstić information content (AvgIpc) is 3.15. The van der Waals surface area contributed by atoms with E-state index in [4.69, 9.17) is 9.05 Å². The van der Waals surface area contributed by atoms with Crippen molar-refractivity contribution in [3.63, 3.8) is 0 Å². The number of phosphoric ester groups is 1. The van der Waals surface area contributed by atoms with Gasteiger partial charge in [-0.25, -0.2) is 0 Å². The quantitative estimate of drug-likeness (QED) is 0.0274. The number of hydrogen-bond acceptors (Lipinski definition) is 6. The molecule has 0 aliphatic rings. The Labute approximate surface area is 348 Å². The molecule has 1 amide bonds. The summed E-state index contributed by atoms with van der Waals surface area (Å²) < 4.78 is 23.3. The molecule has 0 fully saturated rings. The number of aliphatic hydroxyl groups is 1. The molecule has 0 aliphatic heterocycles. The van der Waals surface area contributed by atoms with Crippen molar-refractivity contribution in [2.45, 2.75) is 244 Å². The van der Waals surface area contributed by atoms with Crippen molar-refractivity contribution in [1.29, 1.82) is 0 Å². The van der Waals surface area contributed by atoms with Gasteiger partial charge in [0.15, 0.2) is 0 Å². The molecule has 3 atom stereocenters. The normalized spacial score (nSPS) is 14.3. The minimum Gasteiger partial charge on any atom is -0.756 e. The molecular formula is C47H95N2O6P. The first-order chi connectivity index (χ1) is 27.0. The number of phosphoric acid groups is 1. The Morgan fingerprint density at radius 1 is 0.607 bits per heavy atom. The topological polar surface area (TPSA) is 108 Å². The van der Waals surface area contributed by atoms with E-state index in [-0.39, 0.29) is 19.1 Å². The first-order valence-electron chi connectivity index (χ1n) is 24.0. The van der Waals surface area contributed by atoms with Crippen molar-refractivity contribution in [2.75, 3.05) is 40.9 Å². The van der Waals surface area contributed by atoms with Crippen LogP contribution in [0.2, 0.25) is 0 Å². The highest BCUT2D eigenvalue weighted by molar-refractivity contribution is 7.45. The number of carbonyl (C=O) groups excluding carboxylic acids is 1. The summed E-state index contributed by atoms with van der Waals surface area (Å²) in [5.41, 5.74) is 0. The lowest BCUT2D eigenvalue weighted by Crippen LogP contribution is -2.46. The second-order valence-corrected chi connectivity index (χ2v) is 19.2. The van der Waals surface area contributed by atoms with Gasteiger partial charge in [0.05, 0.1) is 39.9 Å². The van der Waals surface area contributed by atoms with Gasteiger partial charge in [-0.2, -0.15) is 0 Å². The number of allylic oxidation sites excluding steroid dienone is 2. The van der Waals surface area contributed by atoms with Crippen LogP contribution in [0, 0.1) is 0 Å².